The minimum Gasteiger partial charge on any atom is -0.324 e. The van der Waals surface area contributed by atoms with E-state index in [1.165, 1.54) is 5.56 Å². The van der Waals surface area contributed by atoms with Crippen LogP contribution in [0.1, 0.15) is 21.5 Å². The minimum atomic E-state index is -0.126. The van der Waals surface area contributed by atoms with Crippen LogP contribution < -0.4 is 10.6 Å². The average molecular weight is 494 g/mol. The summed E-state index contributed by atoms with van der Waals surface area (Å²) in [6.45, 7) is 7.24. The number of rotatable bonds is 7. The Labute approximate surface area is 217 Å². The lowest BCUT2D eigenvalue weighted by atomic mass is 10.1. The third-order valence-electron chi connectivity index (χ3n) is 6.56. The molecule has 37 heavy (non-hydrogen) atoms. The Morgan fingerprint density at radius 2 is 1.78 bits per heavy atom. The molecule has 1 saturated heterocycles. The first kappa shape index (κ1) is 24.5. The van der Waals surface area contributed by atoms with Gasteiger partial charge in [-0.15, -0.1) is 0 Å². The van der Waals surface area contributed by atoms with E-state index in [1.807, 2.05) is 67.6 Å². The van der Waals surface area contributed by atoms with Gasteiger partial charge in [0, 0.05) is 73.8 Å². The van der Waals surface area contributed by atoms with E-state index in [0.29, 0.717) is 11.5 Å². The number of hydrogen-bond donors (Lipinski definition) is 2. The van der Waals surface area contributed by atoms with E-state index in [9.17, 15) is 4.79 Å². The van der Waals surface area contributed by atoms with Crippen LogP contribution in [0.15, 0.2) is 79.3 Å². The van der Waals surface area contributed by atoms with Gasteiger partial charge in [-0.3, -0.25) is 14.7 Å². The maximum atomic E-state index is 12.8. The van der Waals surface area contributed by atoms with Gasteiger partial charge in [0.25, 0.3) is 5.91 Å². The third kappa shape index (κ3) is 6.35. The zero-order chi connectivity index (χ0) is 25.6. The predicted octanol–water partition coefficient (Wildman–Crippen LogP) is 4.59. The lowest BCUT2D eigenvalue weighted by Crippen LogP contribution is -2.43. The molecule has 0 radical (unpaired) electrons. The van der Waals surface area contributed by atoms with Crippen molar-refractivity contribution < 1.29 is 4.79 Å². The number of nitrogens with zero attached hydrogens (tertiary/aromatic N) is 5. The number of nitrogens with one attached hydrogen (secondary N) is 2. The number of likely N-dealkylation sites (N-methyl/N-ethyl adjacent to an activating group) is 1. The molecular weight excluding hydrogens is 462 g/mol. The van der Waals surface area contributed by atoms with E-state index in [-0.39, 0.29) is 5.91 Å². The number of pyridine rings is 1. The highest BCUT2D eigenvalue weighted by Gasteiger charge is 2.14. The van der Waals surface area contributed by atoms with Gasteiger partial charge in [-0.25, -0.2) is 9.97 Å². The molecule has 1 amide bonds. The Bertz CT molecular complexity index is 1350. The Morgan fingerprint density at radius 1 is 0.973 bits per heavy atom. The SMILES string of the molecule is Cc1cc(NC(=O)c2ccc(CN3CCN(C)CC3)cc2)ccc1Nc1nccc(-c2cccnc2)n1. The van der Waals surface area contributed by atoms with Crippen molar-refractivity contribution in [2.45, 2.75) is 13.5 Å². The highest BCUT2D eigenvalue weighted by molar-refractivity contribution is 6.04. The van der Waals surface area contributed by atoms with Crippen molar-refractivity contribution in [3.05, 3.63) is 95.9 Å². The van der Waals surface area contributed by atoms with Gasteiger partial charge < -0.3 is 15.5 Å². The maximum absolute atomic E-state index is 12.8. The van der Waals surface area contributed by atoms with Crippen LogP contribution in [0.2, 0.25) is 0 Å². The van der Waals surface area contributed by atoms with Crippen LogP contribution in [-0.2, 0) is 6.54 Å². The molecule has 0 atom stereocenters. The van der Waals surface area contributed by atoms with Gasteiger partial charge in [-0.1, -0.05) is 12.1 Å². The monoisotopic (exact) mass is 493 g/mol. The largest absolute Gasteiger partial charge is 0.324 e. The lowest BCUT2D eigenvalue weighted by molar-refractivity contribution is 0.102. The minimum absolute atomic E-state index is 0.126. The van der Waals surface area contributed by atoms with Crippen molar-refractivity contribution in [1.29, 1.82) is 0 Å². The Hall–Kier alpha value is -4.14. The Morgan fingerprint density at radius 3 is 2.51 bits per heavy atom. The molecule has 4 aromatic rings. The molecule has 2 aromatic heterocycles. The number of aromatic nitrogens is 3. The number of carbonyl (C=O) groups is 1. The molecule has 0 aliphatic carbocycles. The molecule has 1 aliphatic heterocycles. The molecule has 1 fully saturated rings. The summed E-state index contributed by atoms with van der Waals surface area (Å²) in [6.07, 6.45) is 5.23. The quantitative estimate of drug-likeness (QED) is 0.389. The highest BCUT2D eigenvalue weighted by Crippen LogP contribution is 2.24. The van der Waals surface area contributed by atoms with Gasteiger partial charge in [0.1, 0.15) is 0 Å². The zero-order valence-electron chi connectivity index (χ0n) is 21.2. The number of amides is 1. The highest BCUT2D eigenvalue weighted by atomic mass is 16.1. The van der Waals surface area contributed by atoms with Crippen molar-refractivity contribution in [2.24, 2.45) is 0 Å². The van der Waals surface area contributed by atoms with Crippen LogP contribution in [0.4, 0.5) is 17.3 Å². The number of hydrogen-bond acceptors (Lipinski definition) is 7. The molecule has 1 aliphatic rings. The second-order valence-corrected chi connectivity index (χ2v) is 9.39. The van der Waals surface area contributed by atoms with E-state index in [1.54, 1.807) is 18.6 Å². The van der Waals surface area contributed by atoms with Crippen molar-refractivity contribution in [2.75, 3.05) is 43.9 Å². The van der Waals surface area contributed by atoms with Gasteiger partial charge >= 0.3 is 0 Å². The fraction of sp³-hybridized carbons (Fsp3) is 0.241. The molecule has 0 spiro atoms. The van der Waals surface area contributed by atoms with Crippen molar-refractivity contribution in [3.63, 3.8) is 0 Å². The lowest BCUT2D eigenvalue weighted by Gasteiger charge is -2.32. The van der Waals surface area contributed by atoms with Gasteiger partial charge in [0.2, 0.25) is 5.95 Å². The molecule has 8 heteroatoms. The van der Waals surface area contributed by atoms with Gasteiger partial charge in [-0.2, -0.15) is 0 Å². The first-order valence-electron chi connectivity index (χ1n) is 12.5. The van der Waals surface area contributed by atoms with E-state index in [4.69, 9.17) is 0 Å². The summed E-state index contributed by atoms with van der Waals surface area (Å²) in [5.41, 5.74) is 6.16. The number of anilines is 3. The summed E-state index contributed by atoms with van der Waals surface area (Å²) in [7, 11) is 2.16. The van der Waals surface area contributed by atoms with E-state index >= 15 is 0 Å². The maximum Gasteiger partial charge on any atom is 0.255 e. The van der Waals surface area contributed by atoms with Crippen molar-refractivity contribution >= 4 is 23.2 Å². The first-order valence-corrected chi connectivity index (χ1v) is 12.5. The molecular formula is C29H31N7O. The van der Waals surface area contributed by atoms with E-state index in [0.717, 1.165) is 60.9 Å². The second kappa shape index (κ2) is 11.3. The molecule has 188 valence electrons. The summed E-state index contributed by atoms with van der Waals surface area (Å²) < 4.78 is 0. The molecule has 0 bridgehead atoms. The normalized spacial score (nSPS) is 14.3. The van der Waals surface area contributed by atoms with Crippen molar-refractivity contribution in [3.8, 4) is 11.3 Å². The van der Waals surface area contributed by atoms with Gasteiger partial charge in [0.15, 0.2) is 0 Å². The van der Waals surface area contributed by atoms with Crippen LogP contribution in [-0.4, -0.2) is 63.9 Å². The number of piperazine rings is 1. The molecule has 5 rings (SSSR count). The molecule has 0 saturated carbocycles. The molecule has 2 N–H and O–H groups in total. The van der Waals surface area contributed by atoms with E-state index in [2.05, 4.69) is 42.4 Å². The smallest absolute Gasteiger partial charge is 0.255 e. The summed E-state index contributed by atoms with van der Waals surface area (Å²) in [5.74, 6) is 0.372. The van der Waals surface area contributed by atoms with Gasteiger partial charge in [0.05, 0.1) is 5.69 Å². The Kier molecular flexibility index (Phi) is 7.49. The number of benzene rings is 2. The summed E-state index contributed by atoms with van der Waals surface area (Å²) in [4.78, 5) is 30.7. The number of aryl methyl sites for hydroxylation is 1. The fourth-order valence-electron chi connectivity index (χ4n) is 4.33. The standard InChI is InChI=1S/C29H31N7O/c1-21-18-25(9-10-26(21)33-29-31-13-11-27(34-29)24-4-3-12-30-19-24)32-28(37)23-7-5-22(6-8-23)20-36-16-14-35(2)15-17-36/h3-13,18-19H,14-17,20H2,1-2H3,(H,32,37)(H,31,33,34). The van der Waals surface area contributed by atoms with Crippen LogP contribution >= 0.6 is 0 Å². The zero-order valence-corrected chi connectivity index (χ0v) is 21.2. The number of carbonyl (C=O) groups excluding carboxylic acids is 1. The third-order valence-corrected chi connectivity index (χ3v) is 6.56. The van der Waals surface area contributed by atoms with Gasteiger partial charge in [-0.05, 0) is 73.6 Å². The topological polar surface area (TPSA) is 86.3 Å². The van der Waals surface area contributed by atoms with Crippen LogP contribution in [0.5, 0.6) is 0 Å². The van der Waals surface area contributed by atoms with Crippen LogP contribution in [0.25, 0.3) is 11.3 Å². The summed E-state index contributed by atoms with van der Waals surface area (Å²) in [6, 6.07) is 19.3. The van der Waals surface area contributed by atoms with Crippen LogP contribution in [0, 0.1) is 6.92 Å². The van der Waals surface area contributed by atoms with Crippen LogP contribution in [0.3, 0.4) is 0 Å². The van der Waals surface area contributed by atoms with E-state index < -0.39 is 0 Å². The first-order chi connectivity index (χ1) is 18.0. The summed E-state index contributed by atoms with van der Waals surface area (Å²) >= 11 is 0. The Balaban J connectivity index is 1.20. The van der Waals surface area contributed by atoms with Crippen molar-refractivity contribution in [1.82, 2.24) is 24.8 Å². The second-order valence-electron chi connectivity index (χ2n) is 9.39. The molecule has 3 heterocycles. The molecule has 2 aromatic carbocycles. The summed E-state index contributed by atoms with van der Waals surface area (Å²) in [5, 5.41) is 6.28. The molecule has 8 nitrogen and oxygen atoms in total. The fourth-order valence-corrected chi connectivity index (χ4v) is 4.33. The average Bonchev–Trinajstić information content (AvgIpc) is 2.92. The molecule has 0 unspecified atom stereocenters. The predicted molar refractivity (Wildman–Crippen MR) is 147 cm³/mol.